The quantitative estimate of drug-likeness (QED) is 0.483. The second-order valence-electron chi connectivity index (χ2n) is 5.98. The van der Waals surface area contributed by atoms with Crippen molar-refractivity contribution in [1.29, 1.82) is 0 Å². The first-order valence-electron chi connectivity index (χ1n) is 8.23. The van der Waals surface area contributed by atoms with Gasteiger partial charge in [-0.1, -0.05) is 17.4 Å². The molecule has 1 amide bonds. The molecule has 138 valence electrons. The van der Waals surface area contributed by atoms with Crippen LogP contribution in [-0.4, -0.2) is 31.9 Å². The Morgan fingerprint density at radius 2 is 2.19 bits per heavy atom. The van der Waals surface area contributed by atoms with E-state index in [0.29, 0.717) is 22.9 Å². The van der Waals surface area contributed by atoms with E-state index in [9.17, 15) is 4.79 Å². The summed E-state index contributed by atoms with van der Waals surface area (Å²) >= 11 is 4.79. The molecule has 0 aliphatic carbocycles. The van der Waals surface area contributed by atoms with Crippen LogP contribution in [0.15, 0.2) is 34.0 Å². The lowest BCUT2D eigenvalue weighted by Crippen LogP contribution is -2.13. The smallest absolute Gasteiger partial charge is 0.258 e. The number of hydrogen-bond donors (Lipinski definition) is 1. The van der Waals surface area contributed by atoms with E-state index in [2.05, 4.69) is 26.4 Å². The average molecular weight is 416 g/mol. The third-order valence-electron chi connectivity index (χ3n) is 4.03. The summed E-state index contributed by atoms with van der Waals surface area (Å²) in [5.41, 5.74) is 2.99. The monoisotopic (exact) mass is 415 g/mol. The number of fused-ring (bicyclic) bond motifs is 1. The number of amides is 1. The van der Waals surface area contributed by atoms with E-state index < -0.39 is 0 Å². The van der Waals surface area contributed by atoms with Gasteiger partial charge in [0.15, 0.2) is 10.8 Å². The van der Waals surface area contributed by atoms with Gasteiger partial charge in [0.1, 0.15) is 0 Å². The molecule has 0 bridgehead atoms. The maximum atomic E-state index is 12.9. The van der Waals surface area contributed by atoms with Crippen LogP contribution in [0.3, 0.4) is 0 Å². The van der Waals surface area contributed by atoms with Gasteiger partial charge in [0.2, 0.25) is 0 Å². The molecule has 6 nitrogen and oxygen atoms in total. The highest BCUT2D eigenvalue weighted by atomic mass is 32.2. The normalized spacial score (nSPS) is 11.2. The van der Waals surface area contributed by atoms with Crippen molar-refractivity contribution >= 4 is 56.5 Å². The van der Waals surface area contributed by atoms with Crippen LogP contribution in [0.5, 0.6) is 0 Å². The number of nitrogens with one attached hydrogen (secondary N) is 1. The van der Waals surface area contributed by atoms with E-state index in [1.54, 1.807) is 35.4 Å². The molecular formula is C18H17N5OS3. The number of carbonyl (C=O) groups is 1. The SMILES string of the molecule is CSc1sc(NC(=O)c2cc(C)nc3c2cnn3Cc2cccs2)nc1C. The molecule has 4 rings (SSSR count). The summed E-state index contributed by atoms with van der Waals surface area (Å²) in [6.07, 6.45) is 3.72. The van der Waals surface area contributed by atoms with Crippen LogP contribution in [0.4, 0.5) is 5.13 Å². The van der Waals surface area contributed by atoms with Crippen LogP contribution in [-0.2, 0) is 6.54 Å². The second-order valence-corrected chi connectivity index (χ2v) is 9.09. The Hall–Kier alpha value is -2.23. The van der Waals surface area contributed by atoms with Crippen molar-refractivity contribution in [3.63, 3.8) is 0 Å². The van der Waals surface area contributed by atoms with Crippen molar-refractivity contribution in [1.82, 2.24) is 19.7 Å². The van der Waals surface area contributed by atoms with Crippen LogP contribution < -0.4 is 5.32 Å². The molecular weight excluding hydrogens is 398 g/mol. The summed E-state index contributed by atoms with van der Waals surface area (Å²) in [4.78, 5) is 23.1. The largest absolute Gasteiger partial charge is 0.298 e. The average Bonchev–Trinajstić information content (AvgIpc) is 3.36. The fourth-order valence-electron chi connectivity index (χ4n) is 2.82. The number of nitrogens with zero attached hydrogens (tertiary/aromatic N) is 4. The number of rotatable bonds is 5. The van der Waals surface area contributed by atoms with Crippen LogP contribution in [0.25, 0.3) is 11.0 Å². The molecule has 0 saturated heterocycles. The maximum Gasteiger partial charge on any atom is 0.258 e. The van der Waals surface area contributed by atoms with Crippen molar-refractivity contribution in [2.24, 2.45) is 0 Å². The topological polar surface area (TPSA) is 72.7 Å². The minimum atomic E-state index is -0.192. The Morgan fingerprint density at radius 3 is 2.89 bits per heavy atom. The third-order valence-corrected chi connectivity index (χ3v) is 7.17. The number of thioether (sulfide) groups is 1. The Morgan fingerprint density at radius 1 is 1.33 bits per heavy atom. The summed E-state index contributed by atoms with van der Waals surface area (Å²) in [7, 11) is 0. The zero-order valence-electron chi connectivity index (χ0n) is 15.0. The van der Waals surface area contributed by atoms with Crippen LogP contribution >= 0.6 is 34.4 Å². The Labute approximate surface area is 168 Å². The van der Waals surface area contributed by atoms with E-state index in [0.717, 1.165) is 21.0 Å². The number of hydrogen-bond acceptors (Lipinski definition) is 7. The number of aromatic nitrogens is 4. The van der Waals surface area contributed by atoms with Gasteiger partial charge in [0.05, 0.1) is 33.6 Å². The van der Waals surface area contributed by atoms with E-state index >= 15 is 0 Å². The molecule has 4 aromatic rings. The fraction of sp³-hybridized carbons (Fsp3) is 0.222. The van der Waals surface area contributed by atoms with E-state index in [4.69, 9.17) is 0 Å². The van der Waals surface area contributed by atoms with Crippen LogP contribution in [0.1, 0.15) is 26.6 Å². The highest BCUT2D eigenvalue weighted by Crippen LogP contribution is 2.31. The number of aryl methyl sites for hydroxylation is 2. The lowest BCUT2D eigenvalue weighted by atomic mass is 10.1. The van der Waals surface area contributed by atoms with Crippen molar-refractivity contribution in [2.75, 3.05) is 11.6 Å². The number of carbonyl (C=O) groups excluding carboxylic acids is 1. The first kappa shape index (κ1) is 18.1. The van der Waals surface area contributed by atoms with Crippen molar-refractivity contribution < 1.29 is 4.79 Å². The molecule has 0 saturated carbocycles. The number of anilines is 1. The molecule has 4 aromatic heterocycles. The Bertz CT molecular complexity index is 1110. The number of thiophene rings is 1. The van der Waals surface area contributed by atoms with Crippen molar-refractivity contribution in [3.8, 4) is 0 Å². The molecule has 4 heterocycles. The summed E-state index contributed by atoms with van der Waals surface area (Å²) in [5.74, 6) is -0.192. The van der Waals surface area contributed by atoms with Gasteiger partial charge in [-0.05, 0) is 37.6 Å². The maximum absolute atomic E-state index is 12.9. The van der Waals surface area contributed by atoms with Gasteiger partial charge in [0, 0.05) is 10.6 Å². The van der Waals surface area contributed by atoms with Crippen LogP contribution in [0, 0.1) is 13.8 Å². The summed E-state index contributed by atoms with van der Waals surface area (Å²) in [6, 6.07) is 5.88. The molecule has 1 N–H and O–H groups in total. The molecule has 0 fully saturated rings. The minimum Gasteiger partial charge on any atom is -0.298 e. The minimum absolute atomic E-state index is 0.192. The van der Waals surface area contributed by atoms with Crippen molar-refractivity contribution in [3.05, 3.63) is 51.6 Å². The van der Waals surface area contributed by atoms with Gasteiger partial charge in [-0.25, -0.2) is 14.6 Å². The summed E-state index contributed by atoms with van der Waals surface area (Å²) in [5, 5.41) is 10.8. The zero-order valence-corrected chi connectivity index (χ0v) is 17.5. The standard InChI is InChI=1S/C18H17N5OS3/c1-10-7-13(16(24)22-18-21-11(2)17(25-3)27-18)14-8-19-23(15(14)20-10)9-12-5-4-6-26-12/h4-8H,9H2,1-3H3,(H,21,22,24). The van der Waals surface area contributed by atoms with E-state index in [-0.39, 0.29) is 5.91 Å². The fourth-order valence-corrected chi connectivity index (χ4v) is 5.11. The molecule has 9 heteroatoms. The number of pyridine rings is 1. The number of thiazole rings is 1. The molecule has 27 heavy (non-hydrogen) atoms. The van der Waals surface area contributed by atoms with Gasteiger partial charge in [-0.3, -0.25) is 10.1 Å². The van der Waals surface area contributed by atoms with Gasteiger partial charge in [0.25, 0.3) is 5.91 Å². The zero-order chi connectivity index (χ0) is 19.0. The van der Waals surface area contributed by atoms with Gasteiger partial charge >= 0.3 is 0 Å². The highest BCUT2D eigenvalue weighted by Gasteiger charge is 2.18. The van der Waals surface area contributed by atoms with Crippen LogP contribution in [0.2, 0.25) is 0 Å². The lowest BCUT2D eigenvalue weighted by Gasteiger charge is -2.06. The Balaban J connectivity index is 1.68. The molecule has 0 atom stereocenters. The summed E-state index contributed by atoms with van der Waals surface area (Å²) < 4.78 is 2.94. The molecule has 0 aliphatic heterocycles. The first-order valence-corrected chi connectivity index (χ1v) is 11.2. The molecule has 0 aliphatic rings. The van der Waals surface area contributed by atoms with E-state index in [1.807, 2.05) is 36.2 Å². The highest BCUT2D eigenvalue weighted by molar-refractivity contribution is 8.00. The second kappa shape index (κ2) is 7.41. The molecule has 0 spiro atoms. The lowest BCUT2D eigenvalue weighted by molar-refractivity contribution is 0.102. The van der Waals surface area contributed by atoms with Gasteiger partial charge in [-0.2, -0.15) is 5.10 Å². The van der Waals surface area contributed by atoms with Gasteiger partial charge < -0.3 is 0 Å². The molecule has 0 aromatic carbocycles. The van der Waals surface area contributed by atoms with Gasteiger partial charge in [-0.15, -0.1) is 23.1 Å². The molecule has 0 radical (unpaired) electrons. The van der Waals surface area contributed by atoms with E-state index in [1.165, 1.54) is 16.2 Å². The predicted molar refractivity (Wildman–Crippen MR) is 112 cm³/mol. The van der Waals surface area contributed by atoms with Crippen molar-refractivity contribution in [2.45, 2.75) is 24.6 Å². The predicted octanol–water partition coefficient (Wildman–Crippen LogP) is 4.59. The first-order chi connectivity index (χ1) is 13.0. The molecule has 0 unspecified atom stereocenters. The summed E-state index contributed by atoms with van der Waals surface area (Å²) in [6.45, 7) is 4.47. The Kier molecular flexibility index (Phi) is 4.98. The third kappa shape index (κ3) is 3.62.